The van der Waals surface area contributed by atoms with Crippen LogP contribution >= 0.6 is 22.2 Å². The van der Waals surface area contributed by atoms with Crippen LogP contribution in [0.1, 0.15) is 25.0 Å². The van der Waals surface area contributed by atoms with E-state index in [1.165, 1.54) is 0 Å². The van der Waals surface area contributed by atoms with Gasteiger partial charge in [0.25, 0.3) is 0 Å². The van der Waals surface area contributed by atoms with Gasteiger partial charge in [-0.1, -0.05) is 35.9 Å². The van der Waals surface area contributed by atoms with Gasteiger partial charge >= 0.3 is 6.01 Å². The predicted molar refractivity (Wildman–Crippen MR) is 134 cm³/mol. The SMILES string of the molecule is O=C(CCc1oc(-n2cnc3ccccc32)nc1-c1ccc(Cl)cc1)NC1CCS(O)(O)CC1. The summed E-state index contributed by atoms with van der Waals surface area (Å²) in [5.74, 6) is 1.17. The summed E-state index contributed by atoms with van der Waals surface area (Å²) < 4.78 is 27.5. The maximum Gasteiger partial charge on any atom is 0.308 e. The lowest BCUT2D eigenvalue weighted by atomic mass is 10.1. The van der Waals surface area contributed by atoms with E-state index in [1.54, 1.807) is 23.0 Å². The Morgan fingerprint density at radius 1 is 1.15 bits per heavy atom. The van der Waals surface area contributed by atoms with Gasteiger partial charge in [-0.2, -0.15) is 15.6 Å². The minimum Gasteiger partial charge on any atom is -0.427 e. The van der Waals surface area contributed by atoms with Crippen molar-refractivity contribution < 1.29 is 18.3 Å². The monoisotopic (exact) mass is 500 g/mol. The highest BCUT2D eigenvalue weighted by Gasteiger charge is 2.25. The van der Waals surface area contributed by atoms with Crippen molar-refractivity contribution in [1.82, 2.24) is 19.9 Å². The normalized spacial score (nSPS) is 17.0. The Kier molecular flexibility index (Phi) is 6.35. The fourth-order valence-electron chi connectivity index (χ4n) is 4.14. The van der Waals surface area contributed by atoms with Crippen LogP contribution in [0.5, 0.6) is 0 Å². The number of rotatable bonds is 6. The summed E-state index contributed by atoms with van der Waals surface area (Å²) in [6.07, 6.45) is 3.42. The molecule has 2 aromatic heterocycles. The van der Waals surface area contributed by atoms with E-state index in [1.807, 2.05) is 36.4 Å². The minimum atomic E-state index is -2.47. The molecule has 0 bridgehead atoms. The number of aryl methyl sites for hydroxylation is 1. The number of imidazole rings is 1. The van der Waals surface area contributed by atoms with E-state index in [9.17, 15) is 13.9 Å². The molecule has 0 aliphatic carbocycles. The highest BCUT2D eigenvalue weighted by Crippen LogP contribution is 2.43. The Hall–Kier alpha value is -2.85. The first-order valence-electron chi connectivity index (χ1n) is 11.1. The molecule has 0 radical (unpaired) electrons. The van der Waals surface area contributed by atoms with Crippen molar-refractivity contribution in [3.8, 4) is 17.3 Å². The van der Waals surface area contributed by atoms with E-state index < -0.39 is 10.6 Å². The molecular formula is C24H25ClN4O4S. The quantitative estimate of drug-likeness (QED) is 0.331. The van der Waals surface area contributed by atoms with E-state index in [-0.39, 0.29) is 18.4 Å². The number of carbonyl (C=O) groups excluding carboxylic acids is 1. The highest BCUT2D eigenvalue weighted by atomic mass is 35.5. The number of carbonyl (C=O) groups is 1. The van der Waals surface area contributed by atoms with Crippen molar-refractivity contribution in [2.75, 3.05) is 11.5 Å². The van der Waals surface area contributed by atoms with Crippen LogP contribution in [-0.4, -0.2) is 47.1 Å². The number of halogens is 1. The van der Waals surface area contributed by atoms with Gasteiger partial charge in [0.1, 0.15) is 17.8 Å². The molecule has 1 amide bonds. The Bertz CT molecular complexity index is 1310. The van der Waals surface area contributed by atoms with Crippen LogP contribution in [0.15, 0.2) is 59.3 Å². The minimum absolute atomic E-state index is 0.0363. The summed E-state index contributed by atoms with van der Waals surface area (Å²) >= 11 is 6.06. The number of para-hydroxylation sites is 2. The lowest BCUT2D eigenvalue weighted by molar-refractivity contribution is -0.121. The fourth-order valence-corrected chi connectivity index (χ4v) is 5.79. The number of nitrogens with zero attached hydrogens (tertiary/aromatic N) is 3. The molecule has 0 saturated carbocycles. The Morgan fingerprint density at radius 2 is 1.88 bits per heavy atom. The first kappa shape index (κ1) is 22.9. The zero-order valence-corrected chi connectivity index (χ0v) is 19.9. The molecule has 4 aromatic rings. The van der Waals surface area contributed by atoms with Crippen LogP contribution in [0.2, 0.25) is 5.02 Å². The number of hydrogen-bond donors (Lipinski definition) is 3. The zero-order valence-electron chi connectivity index (χ0n) is 18.4. The van der Waals surface area contributed by atoms with E-state index in [4.69, 9.17) is 21.0 Å². The molecule has 1 saturated heterocycles. The molecule has 0 unspecified atom stereocenters. The standard InChI is InChI=1S/C24H25ClN4O4S/c25-17-7-5-16(6-8-17)23-21(9-10-22(30)27-18-11-13-34(31,32)14-12-18)33-24(28-23)29-15-26-19-3-1-2-4-20(19)29/h1-8,15,18,31-32H,9-14H2,(H,27,30). The second kappa shape index (κ2) is 9.42. The average molecular weight is 501 g/mol. The smallest absolute Gasteiger partial charge is 0.308 e. The molecule has 0 atom stereocenters. The first-order chi connectivity index (χ1) is 16.4. The van der Waals surface area contributed by atoms with Crippen LogP contribution in [0.4, 0.5) is 0 Å². The van der Waals surface area contributed by atoms with Gasteiger partial charge < -0.3 is 9.73 Å². The fraction of sp³-hybridized carbons (Fsp3) is 0.292. The lowest BCUT2D eigenvalue weighted by Crippen LogP contribution is -2.39. The molecule has 178 valence electrons. The largest absolute Gasteiger partial charge is 0.427 e. The van der Waals surface area contributed by atoms with Crippen LogP contribution in [0.25, 0.3) is 28.3 Å². The van der Waals surface area contributed by atoms with Crippen molar-refractivity contribution in [3.05, 3.63) is 65.6 Å². The number of oxazole rings is 1. The number of nitrogens with one attached hydrogen (secondary N) is 1. The third-order valence-electron chi connectivity index (χ3n) is 5.99. The molecule has 10 heteroatoms. The first-order valence-corrected chi connectivity index (χ1v) is 13.4. The molecule has 1 aliphatic rings. The summed E-state index contributed by atoms with van der Waals surface area (Å²) in [5, 5.41) is 3.63. The molecule has 2 aromatic carbocycles. The molecule has 8 nitrogen and oxygen atoms in total. The zero-order chi connectivity index (χ0) is 23.7. The summed E-state index contributed by atoms with van der Waals surface area (Å²) in [4.78, 5) is 21.8. The van der Waals surface area contributed by atoms with E-state index in [0.717, 1.165) is 16.6 Å². The molecule has 3 N–H and O–H groups in total. The number of benzene rings is 2. The maximum absolute atomic E-state index is 12.6. The Labute approximate surface area is 203 Å². The summed E-state index contributed by atoms with van der Waals surface area (Å²) in [7, 11) is -2.47. The highest BCUT2D eigenvalue weighted by molar-refractivity contribution is 8.24. The van der Waals surface area contributed by atoms with E-state index in [2.05, 4.69) is 10.3 Å². The van der Waals surface area contributed by atoms with Crippen LogP contribution in [-0.2, 0) is 11.2 Å². The van der Waals surface area contributed by atoms with Gasteiger partial charge in [-0.05, 0) is 37.1 Å². The molecule has 3 heterocycles. The van der Waals surface area contributed by atoms with Gasteiger partial charge in [0.2, 0.25) is 5.91 Å². The maximum atomic E-state index is 12.6. The van der Waals surface area contributed by atoms with Gasteiger partial charge in [-0.25, -0.2) is 4.98 Å². The topological polar surface area (TPSA) is 113 Å². The van der Waals surface area contributed by atoms with Crippen LogP contribution < -0.4 is 5.32 Å². The second-order valence-electron chi connectivity index (χ2n) is 8.43. The summed E-state index contributed by atoms with van der Waals surface area (Å²) in [6.45, 7) is 0. The van der Waals surface area contributed by atoms with Crippen LogP contribution in [0.3, 0.4) is 0 Å². The Morgan fingerprint density at radius 3 is 2.65 bits per heavy atom. The molecular weight excluding hydrogens is 476 g/mol. The lowest BCUT2D eigenvalue weighted by Gasteiger charge is -2.39. The second-order valence-corrected chi connectivity index (χ2v) is 11.3. The molecule has 5 rings (SSSR count). The number of fused-ring (bicyclic) bond motifs is 1. The van der Waals surface area contributed by atoms with E-state index in [0.29, 0.717) is 53.3 Å². The van der Waals surface area contributed by atoms with Gasteiger partial charge in [0.05, 0.1) is 11.0 Å². The molecule has 1 fully saturated rings. The summed E-state index contributed by atoms with van der Waals surface area (Å²) in [6, 6.07) is 15.4. The molecule has 1 aliphatic heterocycles. The Balaban J connectivity index is 1.37. The summed E-state index contributed by atoms with van der Waals surface area (Å²) in [5.41, 5.74) is 3.21. The average Bonchev–Trinajstić information content (AvgIpc) is 3.44. The van der Waals surface area contributed by atoms with Crippen molar-refractivity contribution >= 4 is 39.1 Å². The molecule has 0 spiro atoms. The van der Waals surface area contributed by atoms with Crippen molar-refractivity contribution in [2.45, 2.75) is 31.7 Å². The number of amides is 1. The predicted octanol–water partition coefficient (Wildman–Crippen LogP) is 5.30. The molecule has 34 heavy (non-hydrogen) atoms. The van der Waals surface area contributed by atoms with Crippen molar-refractivity contribution in [3.63, 3.8) is 0 Å². The number of aromatic nitrogens is 3. The van der Waals surface area contributed by atoms with Gasteiger partial charge in [-0.15, -0.1) is 0 Å². The van der Waals surface area contributed by atoms with Crippen molar-refractivity contribution in [1.29, 1.82) is 0 Å². The van der Waals surface area contributed by atoms with E-state index >= 15 is 0 Å². The van der Waals surface area contributed by atoms with Crippen molar-refractivity contribution in [2.24, 2.45) is 0 Å². The van der Waals surface area contributed by atoms with Gasteiger partial charge in [-0.3, -0.25) is 18.5 Å². The third-order valence-corrected chi connectivity index (χ3v) is 8.03. The van der Waals surface area contributed by atoms with Crippen LogP contribution in [0, 0.1) is 0 Å². The third kappa shape index (κ3) is 4.97. The number of hydrogen-bond acceptors (Lipinski definition) is 6. The van der Waals surface area contributed by atoms with Gasteiger partial charge in [0.15, 0.2) is 0 Å². The van der Waals surface area contributed by atoms with Gasteiger partial charge in [0, 0.05) is 41.0 Å².